The lowest BCUT2D eigenvalue weighted by Crippen LogP contribution is -2.40. The summed E-state index contributed by atoms with van der Waals surface area (Å²) in [6.45, 7) is 11.6. The molecule has 0 saturated carbocycles. The Balaban J connectivity index is 1.57. The quantitative estimate of drug-likeness (QED) is 0.246. The molecule has 2 aromatic heterocycles. The second-order valence-electron chi connectivity index (χ2n) is 13.1. The summed E-state index contributed by atoms with van der Waals surface area (Å²) in [6, 6.07) is 15.7. The van der Waals surface area contributed by atoms with Gasteiger partial charge in [0, 0.05) is 41.0 Å². The minimum Gasteiger partial charge on any atom is -0.489 e. The molecule has 9 heteroatoms. The molecule has 0 unspecified atom stereocenters. The number of benzene rings is 2. The number of carboxylic acid groups (broad SMARTS) is 1. The van der Waals surface area contributed by atoms with Gasteiger partial charge in [0.1, 0.15) is 18.2 Å². The molecule has 7 rings (SSSR count). The van der Waals surface area contributed by atoms with E-state index < -0.39 is 17.7 Å². The van der Waals surface area contributed by atoms with Crippen molar-refractivity contribution in [2.45, 2.75) is 59.2 Å². The van der Waals surface area contributed by atoms with Crippen LogP contribution in [0.25, 0.3) is 28.0 Å². The molecule has 0 aliphatic carbocycles. The number of rotatable bonds is 3. The second kappa shape index (κ2) is 12.0. The standard InChI is InChI=1S/C36H39ClN4O4/c1-23-31(32(34(42)43)45-35(2,3)4)33-40-17-15-36(5,16-18-40)14-7-6-8-19-44-29-13-12-26(37)21-27(29)24-10-9-11-25(20-24)28-22-30(38-23)41(33)39-28/h6-14,20-22,32H,15-19H2,1-5H3,(H,42,43)/b8-6-,14-7+/t32-/m0/s1. The number of ether oxygens (including phenoxy) is 2. The fourth-order valence-corrected chi connectivity index (χ4v) is 6.28. The summed E-state index contributed by atoms with van der Waals surface area (Å²) >= 11 is 6.44. The van der Waals surface area contributed by atoms with Gasteiger partial charge in [-0.05, 0) is 81.9 Å². The molecule has 3 aliphatic rings. The summed E-state index contributed by atoms with van der Waals surface area (Å²) in [5.74, 6) is 0.391. The Morgan fingerprint density at radius 3 is 2.58 bits per heavy atom. The molecule has 4 aromatic rings. The zero-order valence-electron chi connectivity index (χ0n) is 26.4. The average molecular weight is 627 g/mol. The molecule has 2 aromatic carbocycles. The normalized spacial score (nSPS) is 18.4. The molecule has 0 radical (unpaired) electrons. The van der Waals surface area contributed by atoms with Crippen molar-refractivity contribution in [3.63, 3.8) is 0 Å². The highest BCUT2D eigenvalue weighted by atomic mass is 35.5. The van der Waals surface area contributed by atoms with E-state index in [4.69, 9.17) is 31.2 Å². The van der Waals surface area contributed by atoms with Crippen LogP contribution in [0.15, 0.2) is 72.8 Å². The van der Waals surface area contributed by atoms with Crippen molar-refractivity contribution in [1.82, 2.24) is 14.6 Å². The molecular weight excluding hydrogens is 588 g/mol. The van der Waals surface area contributed by atoms with Crippen LogP contribution in [0.2, 0.25) is 5.02 Å². The second-order valence-corrected chi connectivity index (χ2v) is 13.6. The van der Waals surface area contributed by atoms with Crippen molar-refractivity contribution < 1.29 is 19.4 Å². The number of aliphatic carboxylic acids is 1. The van der Waals surface area contributed by atoms with E-state index in [1.807, 2.05) is 82.3 Å². The Bertz CT molecular complexity index is 1810. The van der Waals surface area contributed by atoms with Crippen molar-refractivity contribution in [2.75, 3.05) is 24.6 Å². The van der Waals surface area contributed by atoms with Gasteiger partial charge in [-0.1, -0.05) is 55.0 Å². The Hall–Kier alpha value is -4.14. The van der Waals surface area contributed by atoms with E-state index in [-0.39, 0.29) is 5.41 Å². The number of carbonyl (C=O) groups is 1. The number of aryl methyl sites for hydroxylation is 1. The van der Waals surface area contributed by atoms with Gasteiger partial charge < -0.3 is 19.5 Å². The predicted molar refractivity (Wildman–Crippen MR) is 178 cm³/mol. The molecule has 0 amide bonds. The maximum Gasteiger partial charge on any atom is 0.337 e. The minimum atomic E-state index is -1.21. The van der Waals surface area contributed by atoms with Gasteiger partial charge in [0.05, 0.1) is 16.9 Å². The third kappa shape index (κ3) is 6.49. The highest BCUT2D eigenvalue weighted by Crippen LogP contribution is 2.41. The molecule has 1 fully saturated rings. The molecule has 1 atom stereocenters. The number of allylic oxidation sites excluding steroid dienone is 3. The number of fused-ring (bicyclic) bond motifs is 5. The first-order chi connectivity index (χ1) is 21.4. The van der Waals surface area contributed by atoms with Crippen molar-refractivity contribution >= 4 is 29.0 Å². The lowest BCUT2D eigenvalue weighted by Gasteiger charge is -2.40. The van der Waals surface area contributed by atoms with Gasteiger partial charge >= 0.3 is 5.97 Å². The first-order valence-electron chi connectivity index (χ1n) is 15.3. The Kier molecular flexibility index (Phi) is 8.22. The maximum atomic E-state index is 12.8. The number of piperidine rings is 1. The van der Waals surface area contributed by atoms with Gasteiger partial charge in [-0.25, -0.2) is 9.78 Å². The van der Waals surface area contributed by atoms with E-state index in [0.29, 0.717) is 34.4 Å². The molecule has 45 heavy (non-hydrogen) atoms. The Morgan fingerprint density at radius 2 is 1.84 bits per heavy atom. The van der Waals surface area contributed by atoms with Crippen LogP contribution < -0.4 is 9.64 Å². The monoisotopic (exact) mass is 626 g/mol. The van der Waals surface area contributed by atoms with Gasteiger partial charge in [0.25, 0.3) is 0 Å². The fourth-order valence-electron chi connectivity index (χ4n) is 6.11. The van der Waals surface area contributed by atoms with E-state index in [1.54, 1.807) is 4.52 Å². The van der Waals surface area contributed by atoms with Gasteiger partial charge in [0.2, 0.25) is 0 Å². The zero-order valence-corrected chi connectivity index (χ0v) is 27.1. The summed E-state index contributed by atoms with van der Waals surface area (Å²) in [5.41, 5.74) is 4.51. The molecule has 8 nitrogen and oxygen atoms in total. The van der Waals surface area contributed by atoms with E-state index in [2.05, 4.69) is 30.0 Å². The van der Waals surface area contributed by atoms with Gasteiger partial charge in [-0.15, -0.1) is 0 Å². The maximum absolute atomic E-state index is 12.8. The van der Waals surface area contributed by atoms with Crippen molar-refractivity contribution in [2.24, 2.45) is 5.41 Å². The lowest BCUT2D eigenvalue weighted by molar-refractivity contribution is -0.160. The summed E-state index contributed by atoms with van der Waals surface area (Å²) in [7, 11) is 0. The van der Waals surface area contributed by atoms with Gasteiger partial charge in [0.15, 0.2) is 11.8 Å². The van der Waals surface area contributed by atoms with Gasteiger partial charge in [-0.2, -0.15) is 9.61 Å². The lowest BCUT2D eigenvalue weighted by atomic mass is 9.80. The van der Waals surface area contributed by atoms with Crippen molar-refractivity contribution in [3.05, 3.63) is 89.1 Å². The number of halogens is 1. The third-order valence-corrected chi connectivity index (χ3v) is 8.69. The molecule has 1 N–H and O–H groups in total. The number of aromatic nitrogens is 3. The summed E-state index contributed by atoms with van der Waals surface area (Å²) in [5, 5.41) is 16.1. The topological polar surface area (TPSA) is 89.2 Å². The molecular formula is C36H39ClN4O4. The van der Waals surface area contributed by atoms with E-state index in [0.717, 1.165) is 54.1 Å². The highest BCUT2D eigenvalue weighted by molar-refractivity contribution is 6.31. The largest absolute Gasteiger partial charge is 0.489 e. The molecule has 5 heterocycles. The van der Waals surface area contributed by atoms with Crippen LogP contribution in [-0.2, 0) is 9.53 Å². The van der Waals surface area contributed by atoms with E-state index >= 15 is 0 Å². The highest BCUT2D eigenvalue weighted by Gasteiger charge is 2.37. The zero-order chi connectivity index (χ0) is 31.9. The van der Waals surface area contributed by atoms with E-state index in [9.17, 15) is 9.90 Å². The van der Waals surface area contributed by atoms with Crippen molar-refractivity contribution in [1.29, 1.82) is 0 Å². The van der Waals surface area contributed by atoms with Crippen LogP contribution in [0, 0.1) is 12.3 Å². The van der Waals surface area contributed by atoms with Crippen LogP contribution in [0.1, 0.15) is 57.9 Å². The van der Waals surface area contributed by atoms with Crippen LogP contribution in [0.3, 0.4) is 0 Å². The van der Waals surface area contributed by atoms with E-state index in [1.165, 1.54) is 0 Å². The summed E-state index contributed by atoms with van der Waals surface area (Å²) < 4.78 is 14.2. The number of hydrogen-bond acceptors (Lipinski definition) is 6. The van der Waals surface area contributed by atoms with Crippen LogP contribution in [0.4, 0.5) is 5.82 Å². The number of nitrogens with zero attached hydrogens (tertiary/aromatic N) is 4. The minimum absolute atomic E-state index is 0.0160. The number of anilines is 1. The first-order valence-corrected chi connectivity index (χ1v) is 15.7. The molecule has 234 valence electrons. The average Bonchev–Trinajstić information content (AvgIpc) is 3.41. The number of carboxylic acids is 1. The smallest absolute Gasteiger partial charge is 0.337 e. The summed E-state index contributed by atoms with van der Waals surface area (Å²) in [4.78, 5) is 19.9. The molecule has 0 spiro atoms. The Morgan fingerprint density at radius 1 is 1.09 bits per heavy atom. The van der Waals surface area contributed by atoms with Crippen LogP contribution >= 0.6 is 11.6 Å². The number of hydrogen-bond donors (Lipinski definition) is 1. The Labute approximate surface area is 268 Å². The fraction of sp³-hybridized carbons (Fsp3) is 0.361. The van der Waals surface area contributed by atoms with Crippen molar-refractivity contribution in [3.8, 4) is 28.1 Å². The third-order valence-electron chi connectivity index (χ3n) is 8.46. The predicted octanol–water partition coefficient (Wildman–Crippen LogP) is 8.08. The van der Waals surface area contributed by atoms with Crippen LogP contribution in [-0.4, -0.2) is 51.0 Å². The van der Waals surface area contributed by atoms with Crippen LogP contribution in [0.5, 0.6) is 5.75 Å². The molecule has 3 aliphatic heterocycles. The molecule has 6 bridgehead atoms. The first kappa shape index (κ1) is 30.9. The molecule has 1 saturated heterocycles. The van der Waals surface area contributed by atoms with Gasteiger partial charge in [-0.3, -0.25) is 0 Å². The SMILES string of the molecule is Cc1nc2cc3nn2c(c1[C@H](OC(C)(C)C)C(=O)O)N1CCC(C)(/C=C/C=C\COc2ccc(Cl)cc2-c2cccc-3c2)CC1. The summed E-state index contributed by atoms with van der Waals surface area (Å²) in [6.07, 6.45) is 8.95.